The summed E-state index contributed by atoms with van der Waals surface area (Å²) in [7, 11) is 1.78. The van der Waals surface area contributed by atoms with Crippen LogP contribution in [0.5, 0.6) is 0 Å². The molecule has 0 saturated carbocycles. The summed E-state index contributed by atoms with van der Waals surface area (Å²) in [6, 6.07) is 11.3. The minimum atomic E-state index is -0.302. The molecular formula is C31H38N4O2. The average molecular weight is 499 g/mol. The van der Waals surface area contributed by atoms with E-state index in [4.69, 9.17) is 4.74 Å². The molecule has 0 spiro atoms. The standard InChI is InChI=1S/C31H38N4O2/c1-5-21-7-9-24-27(28(21)35-12-10-22(11-13-35)34-14-16-37-17-15-34)29(36)26-23-8-6-20(19-32-4)18-25(23)33-30(26)31(24,2)3/h6-9,18-19,22,33H,5,10-17H2,1-4H3. The maximum absolute atomic E-state index is 14.4. The number of nitrogens with zero attached hydrogens (tertiary/aromatic N) is 3. The quantitative estimate of drug-likeness (QED) is 0.517. The van der Waals surface area contributed by atoms with E-state index in [9.17, 15) is 4.79 Å². The van der Waals surface area contributed by atoms with Crippen LogP contribution in [0.3, 0.4) is 0 Å². The number of carbonyl (C=O) groups excluding carboxylic acids is 1. The Morgan fingerprint density at radius 3 is 2.54 bits per heavy atom. The molecule has 6 nitrogen and oxygen atoms in total. The van der Waals surface area contributed by atoms with Crippen molar-refractivity contribution in [1.82, 2.24) is 9.88 Å². The van der Waals surface area contributed by atoms with Gasteiger partial charge in [0, 0.05) is 67.5 Å². The molecule has 3 aromatic rings. The molecule has 194 valence electrons. The van der Waals surface area contributed by atoms with Crippen LogP contribution >= 0.6 is 0 Å². The minimum absolute atomic E-state index is 0.160. The first-order chi connectivity index (χ1) is 17.9. The number of hydrogen-bond donors (Lipinski definition) is 1. The number of aliphatic imine (C=N–C) groups is 1. The third kappa shape index (κ3) is 3.93. The lowest BCUT2D eigenvalue weighted by Crippen LogP contribution is -2.49. The van der Waals surface area contributed by atoms with Crippen LogP contribution in [0.15, 0.2) is 35.3 Å². The molecule has 6 rings (SSSR count). The van der Waals surface area contributed by atoms with Crippen molar-refractivity contribution >= 4 is 28.6 Å². The fraction of sp³-hybridized carbons (Fsp3) is 0.484. The number of rotatable bonds is 4. The highest BCUT2D eigenvalue weighted by Gasteiger charge is 2.42. The van der Waals surface area contributed by atoms with Gasteiger partial charge in [-0.25, -0.2) is 0 Å². The lowest BCUT2D eigenvalue weighted by atomic mass is 9.70. The van der Waals surface area contributed by atoms with Gasteiger partial charge in [0.2, 0.25) is 0 Å². The second kappa shape index (κ2) is 9.41. The van der Waals surface area contributed by atoms with Crippen LogP contribution < -0.4 is 4.90 Å². The maximum Gasteiger partial charge on any atom is 0.197 e. The van der Waals surface area contributed by atoms with Crippen molar-refractivity contribution in [1.29, 1.82) is 0 Å². The van der Waals surface area contributed by atoms with Gasteiger partial charge >= 0.3 is 0 Å². The van der Waals surface area contributed by atoms with Gasteiger partial charge in [-0.3, -0.25) is 14.7 Å². The zero-order chi connectivity index (χ0) is 25.7. The van der Waals surface area contributed by atoms with E-state index in [1.807, 2.05) is 6.21 Å². The first-order valence-electron chi connectivity index (χ1n) is 13.8. The Morgan fingerprint density at radius 2 is 1.84 bits per heavy atom. The Balaban J connectivity index is 1.42. The van der Waals surface area contributed by atoms with Crippen LogP contribution in [0.4, 0.5) is 5.69 Å². The van der Waals surface area contributed by atoms with E-state index in [2.05, 4.69) is 70.9 Å². The van der Waals surface area contributed by atoms with Crippen molar-refractivity contribution in [2.45, 2.75) is 51.5 Å². The van der Waals surface area contributed by atoms with Crippen molar-refractivity contribution < 1.29 is 9.53 Å². The number of aromatic amines is 1. The molecule has 3 aliphatic rings. The number of morpholine rings is 1. The molecule has 0 amide bonds. The van der Waals surface area contributed by atoms with Crippen LogP contribution in [0.1, 0.15) is 71.9 Å². The molecule has 0 atom stereocenters. The number of benzene rings is 2. The van der Waals surface area contributed by atoms with Gasteiger partial charge in [0.1, 0.15) is 0 Å². The number of H-pyrrole nitrogens is 1. The van der Waals surface area contributed by atoms with Gasteiger partial charge < -0.3 is 14.6 Å². The summed E-state index contributed by atoms with van der Waals surface area (Å²) in [6.07, 6.45) is 5.03. The van der Waals surface area contributed by atoms with Gasteiger partial charge in [-0.05, 0) is 42.0 Å². The van der Waals surface area contributed by atoms with E-state index >= 15 is 0 Å². The molecule has 3 heterocycles. The number of aromatic nitrogens is 1. The Morgan fingerprint density at radius 1 is 1.08 bits per heavy atom. The van der Waals surface area contributed by atoms with Gasteiger partial charge in [0.25, 0.3) is 0 Å². The molecule has 2 aliphatic heterocycles. The SMILES string of the molecule is CCc1ccc2c(c1N1CCC(N3CCOCC3)CC1)C(=O)c1c([nH]c3cc(C=NC)ccc13)C2(C)C. The maximum atomic E-state index is 14.4. The second-order valence-electron chi connectivity index (χ2n) is 11.2. The smallest absolute Gasteiger partial charge is 0.197 e. The molecule has 0 unspecified atom stereocenters. The zero-order valence-corrected chi connectivity index (χ0v) is 22.6. The lowest BCUT2D eigenvalue weighted by Gasteiger charge is -2.43. The first kappa shape index (κ1) is 24.4. The van der Waals surface area contributed by atoms with E-state index in [1.165, 1.54) is 11.3 Å². The lowest BCUT2D eigenvalue weighted by molar-refractivity contribution is 0.0115. The van der Waals surface area contributed by atoms with Gasteiger partial charge in [0.05, 0.1) is 30.0 Å². The molecule has 2 fully saturated rings. The van der Waals surface area contributed by atoms with Gasteiger partial charge in [-0.15, -0.1) is 0 Å². The van der Waals surface area contributed by atoms with Gasteiger partial charge in [-0.2, -0.15) is 0 Å². The monoisotopic (exact) mass is 498 g/mol. The largest absolute Gasteiger partial charge is 0.379 e. The summed E-state index contributed by atoms with van der Waals surface area (Å²) < 4.78 is 5.58. The highest BCUT2D eigenvalue weighted by molar-refractivity contribution is 6.22. The van der Waals surface area contributed by atoms with E-state index in [-0.39, 0.29) is 11.2 Å². The van der Waals surface area contributed by atoms with Crippen molar-refractivity contribution in [3.8, 4) is 0 Å². The van der Waals surface area contributed by atoms with Crippen molar-refractivity contribution in [2.24, 2.45) is 4.99 Å². The van der Waals surface area contributed by atoms with Crippen LogP contribution in [0.25, 0.3) is 10.9 Å². The Kier molecular flexibility index (Phi) is 6.20. The summed E-state index contributed by atoms with van der Waals surface area (Å²) in [5.41, 5.74) is 8.09. The number of nitrogens with one attached hydrogen (secondary N) is 1. The van der Waals surface area contributed by atoms with Crippen molar-refractivity contribution in [3.63, 3.8) is 0 Å². The molecule has 0 radical (unpaired) electrons. The molecule has 37 heavy (non-hydrogen) atoms. The van der Waals surface area contributed by atoms with Gasteiger partial charge in [0.15, 0.2) is 5.78 Å². The van der Waals surface area contributed by atoms with E-state index in [1.54, 1.807) is 7.05 Å². The second-order valence-corrected chi connectivity index (χ2v) is 11.2. The third-order valence-electron chi connectivity index (χ3n) is 8.84. The average Bonchev–Trinajstić information content (AvgIpc) is 3.32. The third-order valence-corrected chi connectivity index (χ3v) is 8.84. The minimum Gasteiger partial charge on any atom is -0.379 e. The topological polar surface area (TPSA) is 60.9 Å². The van der Waals surface area contributed by atoms with E-state index < -0.39 is 0 Å². The summed E-state index contributed by atoms with van der Waals surface area (Å²) in [4.78, 5) is 27.3. The predicted octanol–water partition coefficient (Wildman–Crippen LogP) is 4.95. The Hall–Kier alpha value is -2.96. The predicted molar refractivity (Wildman–Crippen MR) is 151 cm³/mol. The fourth-order valence-electron chi connectivity index (χ4n) is 6.84. The molecular weight excluding hydrogens is 460 g/mol. The number of hydrogen-bond acceptors (Lipinski definition) is 5. The molecule has 1 N–H and O–H groups in total. The number of ketones is 1. The number of piperidine rings is 1. The molecule has 1 aromatic heterocycles. The number of anilines is 1. The fourth-order valence-corrected chi connectivity index (χ4v) is 6.84. The normalized spacial score (nSPS) is 20.5. The van der Waals surface area contributed by atoms with Crippen LogP contribution in [0.2, 0.25) is 0 Å². The highest BCUT2D eigenvalue weighted by atomic mass is 16.5. The van der Waals surface area contributed by atoms with Crippen molar-refractivity contribution in [2.75, 3.05) is 51.3 Å². The molecule has 0 bridgehead atoms. The van der Waals surface area contributed by atoms with Crippen molar-refractivity contribution in [3.05, 3.63) is 63.8 Å². The van der Waals surface area contributed by atoms with Crippen LogP contribution in [-0.4, -0.2) is 74.4 Å². The van der Waals surface area contributed by atoms with Crippen LogP contribution in [-0.2, 0) is 16.6 Å². The number of aryl methyl sites for hydroxylation is 1. The molecule has 6 heteroatoms. The number of ether oxygens (including phenoxy) is 1. The first-order valence-corrected chi connectivity index (χ1v) is 13.8. The van der Waals surface area contributed by atoms with Gasteiger partial charge in [-0.1, -0.05) is 45.0 Å². The molecule has 2 aromatic carbocycles. The Labute approximate surface area is 219 Å². The number of carbonyl (C=O) groups is 1. The van der Waals surface area contributed by atoms with E-state index in [0.717, 1.165) is 97.5 Å². The van der Waals surface area contributed by atoms with Crippen LogP contribution in [0, 0.1) is 0 Å². The van der Waals surface area contributed by atoms with E-state index in [0.29, 0.717) is 6.04 Å². The number of fused-ring (bicyclic) bond motifs is 4. The summed E-state index contributed by atoms with van der Waals surface area (Å²) in [5, 5.41) is 1.01. The summed E-state index contributed by atoms with van der Waals surface area (Å²) in [6.45, 7) is 12.4. The molecule has 2 saturated heterocycles. The highest BCUT2D eigenvalue weighted by Crippen LogP contribution is 2.47. The zero-order valence-electron chi connectivity index (χ0n) is 22.6. The molecule has 1 aliphatic carbocycles. The summed E-state index contributed by atoms with van der Waals surface area (Å²) >= 11 is 0. The Bertz CT molecular complexity index is 1370. The summed E-state index contributed by atoms with van der Waals surface area (Å²) in [5.74, 6) is 0.160.